The van der Waals surface area contributed by atoms with E-state index in [-0.39, 0.29) is 74.5 Å². The summed E-state index contributed by atoms with van der Waals surface area (Å²) in [6, 6.07) is 3.31. The Morgan fingerprint density at radius 2 is 1.76 bits per heavy atom. The van der Waals surface area contributed by atoms with Gasteiger partial charge in [0.1, 0.15) is 11.6 Å². The third kappa shape index (κ3) is 6.64. The molecule has 0 radical (unpaired) electrons. The molecular weight excluding hydrogens is 534 g/mol. The third-order valence-corrected chi connectivity index (χ3v) is 6.01. The molecule has 1 aromatic rings. The fourth-order valence-corrected chi connectivity index (χ4v) is 3.84. The molecule has 1 aromatic carbocycles. The van der Waals surface area contributed by atoms with Crippen LogP contribution >= 0.6 is 24.0 Å². The van der Waals surface area contributed by atoms with E-state index in [4.69, 9.17) is 0 Å². The first-order valence-corrected chi connectivity index (χ1v) is 9.96. The summed E-state index contributed by atoms with van der Waals surface area (Å²) in [4.78, 5) is 3.96. The molecule has 0 unspecified atom stereocenters. The van der Waals surface area contributed by atoms with Gasteiger partial charge in [0.2, 0.25) is 0 Å². The molecule has 6 nitrogen and oxygen atoms in total. The summed E-state index contributed by atoms with van der Waals surface area (Å²) in [6.07, 6.45) is 0.400. The van der Waals surface area contributed by atoms with Gasteiger partial charge < -0.3 is 10.6 Å². The number of benzene rings is 1. The van der Waals surface area contributed by atoms with Crippen LogP contribution in [-0.4, -0.2) is 56.9 Å². The van der Waals surface area contributed by atoms with E-state index in [0.29, 0.717) is 10.3 Å². The summed E-state index contributed by atoms with van der Waals surface area (Å²) in [5.74, 6) is -0.986. The SMILES string of the molecule is CN=C(NCCc1c(F)cccc1F)NC1CCN(S(=O)(=O)C(F)(F)F)CC1.I. The number of piperidine rings is 1. The van der Waals surface area contributed by atoms with Crippen LogP contribution in [-0.2, 0) is 16.4 Å². The summed E-state index contributed by atoms with van der Waals surface area (Å²) >= 11 is 0. The number of nitrogens with one attached hydrogen (secondary N) is 2. The van der Waals surface area contributed by atoms with E-state index in [0.717, 1.165) is 12.1 Å². The predicted octanol–water partition coefficient (Wildman–Crippen LogP) is 2.60. The van der Waals surface area contributed by atoms with Crippen molar-refractivity contribution in [2.24, 2.45) is 4.99 Å². The van der Waals surface area contributed by atoms with E-state index in [1.54, 1.807) is 0 Å². The molecular formula is C16H22F5IN4O2S. The smallest absolute Gasteiger partial charge is 0.356 e. The van der Waals surface area contributed by atoms with Gasteiger partial charge in [0.15, 0.2) is 5.96 Å². The lowest BCUT2D eigenvalue weighted by molar-refractivity contribution is -0.0494. The predicted molar refractivity (Wildman–Crippen MR) is 110 cm³/mol. The highest BCUT2D eigenvalue weighted by Gasteiger charge is 2.50. The number of halogens is 6. The molecule has 1 aliphatic rings. The maximum Gasteiger partial charge on any atom is 0.511 e. The number of hydrogen-bond donors (Lipinski definition) is 2. The molecule has 0 amide bonds. The Labute approximate surface area is 183 Å². The monoisotopic (exact) mass is 556 g/mol. The van der Waals surface area contributed by atoms with Crippen LogP contribution in [0.25, 0.3) is 0 Å². The van der Waals surface area contributed by atoms with Crippen molar-refractivity contribution >= 4 is 40.0 Å². The summed E-state index contributed by atoms with van der Waals surface area (Å²) in [5.41, 5.74) is -5.37. The quantitative estimate of drug-likeness (QED) is 0.253. The van der Waals surface area contributed by atoms with Crippen LogP contribution in [0.3, 0.4) is 0 Å². The van der Waals surface area contributed by atoms with Crippen LogP contribution < -0.4 is 10.6 Å². The molecule has 2 rings (SSSR count). The highest BCUT2D eigenvalue weighted by Crippen LogP contribution is 2.28. The molecule has 0 aromatic heterocycles. The Morgan fingerprint density at radius 1 is 1.21 bits per heavy atom. The van der Waals surface area contributed by atoms with Crippen LogP contribution in [0.1, 0.15) is 18.4 Å². The zero-order valence-corrected chi connectivity index (χ0v) is 18.6. The largest absolute Gasteiger partial charge is 0.511 e. The summed E-state index contributed by atoms with van der Waals surface area (Å²) in [7, 11) is -3.85. The third-order valence-electron chi connectivity index (χ3n) is 4.38. The molecule has 2 N–H and O–H groups in total. The highest BCUT2D eigenvalue weighted by atomic mass is 127. The maximum absolute atomic E-state index is 13.6. The lowest BCUT2D eigenvalue weighted by Crippen LogP contribution is -2.51. The van der Waals surface area contributed by atoms with E-state index in [2.05, 4.69) is 15.6 Å². The summed E-state index contributed by atoms with van der Waals surface area (Å²) < 4.78 is 88.2. The normalized spacial score (nSPS) is 17.0. The molecule has 0 saturated carbocycles. The second-order valence-corrected chi connectivity index (χ2v) is 8.15. The number of guanidine groups is 1. The molecule has 1 aliphatic heterocycles. The minimum atomic E-state index is -5.32. The van der Waals surface area contributed by atoms with Crippen LogP contribution in [0.4, 0.5) is 22.0 Å². The van der Waals surface area contributed by atoms with Crippen molar-refractivity contribution < 1.29 is 30.4 Å². The second kappa shape index (κ2) is 10.7. The molecule has 13 heteroatoms. The first-order valence-electron chi connectivity index (χ1n) is 8.52. The zero-order chi connectivity index (χ0) is 20.9. The number of aliphatic imine (C=N–C) groups is 1. The Hall–Kier alpha value is -1.22. The van der Waals surface area contributed by atoms with Crippen molar-refractivity contribution in [2.75, 3.05) is 26.7 Å². The molecule has 1 heterocycles. The van der Waals surface area contributed by atoms with Gasteiger partial charge in [-0.25, -0.2) is 17.2 Å². The van der Waals surface area contributed by atoms with Gasteiger partial charge in [-0.3, -0.25) is 4.99 Å². The van der Waals surface area contributed by atoms with Crippen molar-refractivity contribution in [1.82, 2.24) is 14.9 Å². The molecule has 1 fully saturated rings. The van der Waals surface area contributed by atoms with E-state index in [9.17, 15) is 30.4 Å². The lowest BCUT2D eigenvalue weighted by Gasteiger charge is -2.32. The van der Waals surface area contributed by atoms with Gasteiger partial charge in [-0.2, -0.15) is 17.5 Å². The Morgan fingerprint density at radius 3 is 2.24 bits per heavy atom. The van der Waals surface area contributed by atoms with Crippen LogP contribution in [0, 0.1) is 11.6 Å². The standard InChI is InChI=1S/C16H21F5N4O2S.HI/c1-22-15(23-8-5-12-13(17)3-2-4-14(12)18)24-11-6-9-25(10-7-11)28(26,27)16(19,20)21;/h2-4,11H,5-10H2,1H3,(H2,22,23,24);1H. The highest BCUT2D eigenvalue weighted by molar-refractivity contribution is 14.0. The second-order valence-electron chi connectivity index (χ2n) is 6.22. The molecule has 0 aliphatic carbocycles. The fourth-order valence-electron chi connectivity index (χ4n) is 2.85. The fraction of sp³-hybridized carbons (Fsp3) is 0.562. The first kappa shape index (κ1) is 25.8. The van der Waals surface area contributed by atoms with E-state index in [1.807, 2.05) is 0 Å². The van der Waals surface area contributed by atoms with Gasteiger partial charge >= 0.3 is 15.5 Å². The molecule has 0 bridgehead atoms. The minimum Gasteiger partial charge on any atom is -0.356 e. The average Bonchev–Trinajstić information content (AvgIpc) is 2.62. The topological polar surface area (TPSA) is 73.8 Å². The summed E-state index contributed by atoms with van der Waals surface area (Å²) in [5, 5.41) is 5.86. The lowest BCUT2D eigenvalue weighted by atomic mass is 10.1. The Balaban J connectivity index is 0.00000420. The first-order chi connectivity index (χ1) is 13.1. The number of alkyl halides is 3. The number of nitrogens with zero attached hydrogens (tertiary/aromatic N) is 2. The number of hydrogen-bond acceptors (Lipinski definition) is 3. The van der Waals surface area contributed by atoms with Crippen molar-refractivity contribution in [1.29, 1.82) is 0 Å². The average molecular weight is 556 g/mol. The molecule has 0 atom stereocenters. The van der Waals surface area contributed by atoms with Gasteiger partial charge in [0, 0.05) is 38.3 Å². The van der Waals surface area contributed by atoms with Gasteiger partial charge in [-0.05, 0) is 31.4 Å². The minimum absolute atomic E-state index is 0. The Bertz CT molecular complexity index is 792. The van der Waals surface area contributed by atoms with Crippen LogP contribution in [0.15, 0.2) is 23.2 Å². The van der Waals surface area contributed by atoms with E-state index >= 15 is 0 Å². The van der Waals surface area contributed by atoms with Gasteiger partial charge in [-0.1, -0.05) is 6.07 Å². The van der Waals surface area contributed by atoms with E-state index < -0.39 is 27.2 Å². The molecule has 29 heavy (non-hydrogen) atoms. The zero-order valence-electron chi connectivity index (χ0n) is 15.5. The number of sulfonamides is 1. The van der Waals surface area contributed by atoms with Crippen molar-refractivity contribution in [3.8, 4) is 0 Å². The van der Waals surface area contributed by atoms with Gasteiger partial charge in [0.05, 0.1) is 0 Å². The molecule has 1 saturated heterocycles. The maximum atomic E-state index is 13.6. The van der Waals surface area contributed by atoms with Crippen LogP contribution in [0.5, 0.6) is 0 Å². The molecule has 166 valence electrons. The number of rotatable bonds is 5. The Kier molecular flexibility index (Phi) is 9.53. The van der Waals surface area contributed by atoms with Crippen molar-refractivity contribution in [2.45, 2.75) is 30.8 Å². The van der Waals surface area contributed by atoms with E-state index in [1.165, 1.54) is 13.1 Å². The van der Waals surface area contributed by atoms with Gasteiger partial charge in [-0.15, -0.1) is 24.0 Å². The van der Waals surface area contributed by atoms with Crippen molar-refractivity contribution in [3.63, 3.8) is 0 Å². The van der Waals surface area contributed by atoms with Gasteiger partial charge in [0.25, 0.3) is 0 Å². The van der Waals surface area contributed by atoms with Crippen LogP contribution in [0.2, 0.25) is 0 Å². The van der Waals surface area contributed by atoms with Crippen molar-refractivity contribution in [3.05, 3.63) is 35.4 Å². The summed E-state index contributed by atoms with van der Waals surface area (Å²) in [6.45, 7) is -0.354. The molecule has 0 spiro atoms.